The van der Waals surface area contributed by atoms with Crippen molar-refractivity contribution < 1.29 is 14.7 Å². The SMILES string of the molecule is Cc1cc(C)cc(NC(=O)C2(C(=O)O)CCC2)c1. The van der Waals surface area contributed by atoms with E-state index in [2.05, 4.69) is 5.32 Å². The lowest BCUT2D eigenvalue weighted by Crippen LogP contribution is -2.48. The van der Waals surface area contributed by atoms with Gasteiger partial charge in [-0.1, -0.05) is 12.5 Å². The third-order valence-electron chi connectivity index (χ3n) is 3.53. The predicted molar refractivity (Wildman–Crippen MR) is 68.5 cm³/mol. The van der Waals surface area contributed by atoms with Crippen molar-refractivity contribution in [2.45, 2.75) is 33.1 Å². The minimum absolute atomic E-state index is 0.397. The minimum Gasteiger partial charge on any atom is -0.480 e. The van der Waals surface area contributed by atoms with Crippen LogP contribution in [0.2, 0.25) is 0 Å². The van der Waals surface area contributed by atoms with E-state index in [1.807, 2.05) is 32.0 Å². The van der Waals surface area contributed by atoms with Crippen LogP contribution in [0.4, 0.5) is 5.69 Å². The summed E-state index contributed by atoms with van der Waals surface area (Å²) < 4.78 is 0. The van der Waals surface area contributed by atoms with E-state index in [0.717, 1.165) is 17.5 Å². The number of amides is 1. The molecular weight excluding hydrogens is 230 g/mol. The first-order valence-corrected chi connectivity index (χ1v) is 6.07. The van der Waals surface area contributed by atoms with Gasteiger partial charge in [0.25, 0.3) is 0 Å². The van der Waals surface area contributed by atoms with Gasteiger partial charge in [0.2, 0.25) is 5.91 Å². The van der Waals surface area contributed by atoms with Crippen molar-refractivity contribution in [3.05, 3.63) is 29.3 Å². The van der Waals surface area contributed by atoms with Gasteiger partial charge in [0.15, 0.2) is 0 Å². The molecule has 0 bridgehead atoms. The van der Waals surface area contributed by atoms with Gasteiger partial charge in [0.05, 0.1) is 0 Å². The maximum Gasteiger partial charge on any atom is 0.319 e. The van der Waals surface area contributed by atoms with Gasteiger partial charge in [-0.05, 0) is 49.9 Å². The first-order valence-electron chi connectivity index (χ1n) is 6.07. The van der Waals surface area contributed by atoms with Crippen LogP contribution in [0.25, 0.3) is 0 Å². The molecule has 2 N–H and O–H groups in total. The Hall–Kier alpha value is -1.84. The average molecular weight is 247 g/mol. The van der Waals surface area contributed by atoms with Crippen molar-refractivity contribution in [2.24, 2.45) is 5.41 Å². The Balaban J connectivity index is 2.18. The van der Waals surface area contributed by atoms with E-state index in [0.29, 0.717) is 18.5 Å². The van der Waals surface area contributed by atoms with E-state index in [4.69, 9.17) is 0 Å². The molecule has 1 fully saturated rings. The summed E-state index contributed by atoms with van der Waals surface area (Å²) in [5.41, 5.74) is 1.55. The molecule has 18 heavy (non-hydrogen) atoms. The Kier molecular flexibility index (Phi) is 3.11. The third-order valence-corrected chi connectivity index (χ3v) is 3.53. The van der Waals surface area contributed by atoms with Crippen LogP contribution in [0, 0.1) is 19.3 Å². The maximum absolute atomic E-state index is 12.1. The summed E-state index contributed by atoms with van der Waals surface area (Å²) >= 11 is 0. The fourth-order valence-electron chi connectivity index (χ4n) is 2.37. The third kappa shape index (κ3) is 2.10. The summed E-state index contributed by atoms with van der Waals surface area (Å²) in [5, 5.41) is 11.9. The molecule has 0 unspecified atom stereocenters. The molecule has 0 spiro atoms. The first kappa shape index (κ1) is 12.6. The molecule has 1 aromatic carbocycles. The highest BCUT2D eigenvalue weighted by molar-refractivity contribution is 6.09. The number of carbonyl (C=O) groups excluding carboxylic acids is 1. The molecule has 2 rings (SSSR count). The molecule has 1 amide bonds. The lowest BCUT2D eigenvalue weighted by atomic mass is 9.68. The van der Waals surface area contributed by atoms with Gasteiger partial charge < -0.3 is 10.4 Å². The Morgan fingerprint density at radius 1 is 1.17 bits per heavy atom. The molecule has 1 aromatic rings. The predicted octanol–water partition coefficient (Wildman–Crippen LogP) is 2.50. The summed E-state index contributed by atoms with van der Waals surface area (Å²) in [6.07, 6.45) is 1.66. The highest BCUT2D eigenvalue weighted by atomic mass is 16.4. The zero-order valence-electron chi connectivity index (χ0n) is 10.6. The molecule has 0 aliphatic heterocycles. The van der Waals surface area contributed by atoms with Crippen molar-refractivity contribution >= 4 is 17.6 Å². The first-order chi connectivity index (χ1) is 8.44. The van der Waals surface area contributed by atoms with E-state index < -0.39 is 17.3 Å². The van der Waals surface area contributed by atoms with Crippen LogP contribution in [0.3, 0.4) is 0 Å². The summed E-state index contributed by atoms with van der Waals surface area (Å²) in [6, 6.07) is 5.70. The molecule has 0 radical (unpaired) electrons. The number of carbonyl (C=O) groups is 2. The topological polar surface area (TPSA) is 66.4 Å². The second-order valence-corrected chi connectivity index (χ2v) is 5.07. The molecule has 1 aliphatic carbocycles. The van der Waals surface area contributed by atoms with E-state index >= 15 is 0 Å². The number of hydrogen-bond donors (Lipinski definition) is 2. The Bertz CT molecular complexity index is 484. The van der Waals surface area contributed by atoms with E-state index in [1.165, 1.54) is 0 Å². The molecule has 0 saturated heterocycles. The van der Waals surface area contributed by atoms with E-state index in [9.17, 15) is 14.7 Å². The van der Waals surface area contributed by atoms with Gasteiger partial charge in [0.1, 0.15) is 5.41 Å². The van der Waals surface area contributed by atoms with Crippen molar-refractivity contribution in [3.63, 3.8) is 0 Å². The van der Waals surface area contributed by atoms with Crippen LogP contribution in [-0.4, -0.2) is 17.0 Å². The number of carboxylic acids is 1. The van der Waals surface area contributed by atoms with Crippen LogP contribution in [0.1, 0.15) is 30.4 Å². The molecular formula is C14H17NO3. The number of aliphatic carboxylic acids is 1. The largest absolute Gasteiger partial charge is 0.480 e. The quantitative estimate of drug-likeness (QED) is 0.806. The number of benzene rings is 1. The zero-order valence-corrected chi connectivity index (χ0v) is 10.6. The van der Waals surface area contributed by atoms with Crippen molar-refractivity contribution in [1.82, 2.24) is 0 Å². The van der Waals surface area contributed by atoms with Crippen LogP contribution < -0.4 is 5.32 Å². The number of nitrogens with one attached hydrogen (secondary N) is 1. The van der Waals surface area contributed by atoms with Crippen molar-refractivity contribution in [1.29, 1.82) is 0 Å². The van der Waals surface area contributed by atoms with Crippen molar-refractivity contribution in [2.75, 3.05) is 5.32 Å². The zero-order chi connectivity index (χ0) is 13.3. The fourth-order valence-corrected chi connectivity index (χ4v) is 2.37. The van der Waals surface area contributed by atoms with Crippen LogP contribution >= 0.6 is 0 Å². The maximum atomic E-state index is 12.1. The molecule has 0 heterocycles. The minimum atomic E-state index is -1.21. The van der Waals surface area contributed by atoms with Gasteiger partial charge in [-0.15, -0.1) is 0 Å². The second kappa shape index (κ2) is 4.44. The molecule has 96 valence electrons. The van der Waals surface area contributed by atoms with Gasteiger partial charge in [-0.2, -0.15) is 0 Å². The van der Waals surface area contributed by atoms with Crippen molar-refractivity contribution in [3.8, 4) is 0 Å². The normalized spacial score (nSPS) is 16.8. The number of hydrogen-bond acceptors (Lipinski definition) is 2. The Morgan fingerprint density at radius 3 is 2.11 bits per heavy atom. The highest BCUT2D eigenvalue weighted by Crippen LogP contribution is 2.42. The van der Waals surface area contributed by atoms with E-state index in [1.54, 1.807) is 0 Å². The average Bonchev–Trinajstić information content (AvgIpc) is 2.11. The standard InChI is InChI=1S/C14H17NO3/c1-9-6-10(2)8-11(7-9)15-12(16)14(13(17)18)4-3-5-14/h6-8H,3-5H2,1-2H3,(H,15,16)(H,17,18). The molecule has 1 saturated carbocycles. The van der Waals surface area contributed by atoms with Gasteiger partial charge in [-0.3, -0.25) is 9.59 Å². The summed E-state index contributed by atoms with van der Waals surface area (Å²) in [6.45, 7) is 3.89. The number of rotatable bonds is 3. The lowest BCUT2D eigenvalue weighted by molar-refractivity contribution is -0.159. The molecule has 4 nitrogen and oxygen atoms in total. The number of carboxylic acid groups (broad SMARTS) is 1. The fraction of sp³-hybridized carbons (Fsp3) is 0.429. The van der Waals surface area contributed by atoms with Gasteiger partial charge >= 0.3 is 5.97 Å². The van der Waals surface area contributed by atoms with Crippen LogP contribution in [-0.2, 0) is 9.59 Å². The van der Waals surface area contributed by atoms with Crippen LogP contribution in [0.5, 0.6) is 0 Å². The van der Waals surface area contributed by atoms with Gasteiger partial charge in [0, 0.05) is 5.69 Å². The Morgan fingerprint density at radius 2 is 1.72 bits per heavy atom. The lowest BCUT2D eigenvalue weighted by Gasteiger charge is -2.35. The Labute approximate surface area is 106 Å². The van der Waals surface area contributed by atoms with Gasteiger partial charge in [-0.25, -0.2) is 0 Å². The monoisotopic (exact) mass is 247 g/mol. The highest BCUT2D eigenvalue weighted by Gasteiger charge is 2.51. The summed E-state index contributed by atoms with van der Waals surface area (Å²) in [7, 11) is 0. The smallest absolute Gasteiger partial charge is 0.319 e. The summed E-state index contributed by atoms with van der Waals surface area (Å²) in [4.78, 5) is 23.3. The number of aryl methyl sites for hydroxylation is 2. The molecule has 0 atom stereocenters. The van der Waals surface area contributed by atoms with Crippen LogP contribution in [0.15, 0.2) is 18.2 Å². The molecule has 4 heteroatoms. The number of anilines is 1. The second-order valence-electron chi connectivity index (χ2n) is 5.07. The molecule has 0 aromatic heterocycles. The molecule has 1 aliphatic rings. The van der Waals surface area contributed by atoms with E-state index in [-0.39, 0.29) is 0 Å². The summed E-state index contributed by atoms with van der Waals surface area (Å²) in [5.74, 6) is -1.41.